The minimum atomic E-state index is -0.691. The molecule has 1 N–H and O–H groups in total. The molecule has 2 aromatic carbocycles. The minimum Gasteiger partial charge on any atom is -0.354 e. The predicted molar refractivity (Wildman–Crippen MR) is 101 cm³/mol. The molecule has 0 aliphatic carbocycles. The van der Waals surface area contributed by atoms with Gasteiger partial charge in [0.2, 0.25) is 0 Å². The molecule has 3 aromatic rings. The third-order valence-electron chi connectivity index (χ3n) is 4.27. The van der Waals surface area contributed by atoms with Crippen LogP contribution in [0.2, 0.25) is 15.1 Å². The topological polar surface area (TPSA) is 46.1 Å². The van der Waals surface area contributed by atoms with Gasteiger partial charge >= 0.3 is 0 Å². The fraction of sp³-hybridized carbons (Fsp3) is 0.176. The van der Waals surface area contributed by atoms with Crippen LogP contribution in [0, 0.1) is 4.77 Å². The number of rotatable bonds is 4. The van der Waals surface area contributed by atoms with Gasteiger partial charge < -0.3 is 9.72 Å². The van der Waals surface area contributed by atoms with E-state index in [1.165, 1.54) is 0 Å². The zero-order chi connectivity index (χ0) is 17.6. The SMILES string of the molecule is S=c1[nH]cnn1C[C@]1(c2ccccc2Cl)O[C@@H]1c1ccc(Cl)cc1Cl. The maximum Gasteiger partial charge on any atom is 0.195 e. The summed E-state index contributed by atoms with van der Waals surface area (Å²) >= 11 is 24.1. The fourth-order valence-electron chi connectivity index (χ4n) is 3.04. The minimum absolute atomic E-state index is 0.268. The molecule has 0 amide bonds. The summed E-state index contributed by atoms with van der Waals surface area (Å²) < 4.78 is 8.37. The smallest absolute Gasteiger partial charge is 0.195 e. The summed E-state index contributed by atoms with van der Waals surface area (Å²) in [5, 5.41) is 5.99. The summed E-state index contributed by atoms with van der Waals surface area (Å²) in [6, 6.07) is 13.0. The molecular formula is C17H12Cl3N3OS. The standard InChI is InChI=1S/C17H12Cl3N3OS/c18-10-5-6-11(14(20)7-10)15-17(24-15,8-23-16(25)21-9-22-23)12-3-1-2-4-13(12)19/h1-7,9,15H,8H2,(H,21,22,25)/t15-,17-/m1/s1. The summed E-state index contributed by atoms with van der Waals surface area (Å²) in [4.78, 5) is 2.89. The summed E-state index contributed by atoms with van der Waals surface area (Å²) in [7, 11) is 0. The molecule has 2 heterocycles. The highest BCUT2D eigenvalue weighted by Crippen LogP contribution is 2.60. The first-order valence-corrected chi connectivity index (χ1v) is 9.04. The van der Waals surface area contributed by atoms with E-state index in [-0.39, 0.29) is 6.10 Å². The number of aromatic nitrogens is 3. The Hall–Kier alpha value is -1.37. The summed E-state index contributed by atoms with van der Waals surface area (Å²) in [5.74, 6) is 0. The lowest BCUT2D eigenvalue weighted by Crippen LogP contribution is -2.20. The summed E-state index contributed by atoms with van der Waals surface area (Å²) in [5.41, 5.74) is 1.04. The zero-order valence-corrected chi connectivity index (χ0v) is 15.8. The second kappa shape index (κ2) is 6.41. The first-order valence-electron chi connectivity index (χ1n) is 7.49. The Morgan fingerprint density at radius 1 is 1.16 bits per heavy atom. The number of aromatic amines is 1. The van der Waals surface area contributed by atoms with Crippen LogP contribution >= 0.6 is 47.0 Å². The van der Waals surface area contributed by atoms with E-state index < -0.39 is 5.60 Å². The van der Waals surface area contributed by atoms with Crippen molar-refractivity contribution < 1.29 is 4.74 Å². The maximum absolute atomic E-state index is 6.45. The lowest BCUT2D eigenvalue weighted by Gasteiger charge is -2.16. The first kappa shape index (κ1) is 17.1. The lowest BCUT2D eigenvalue weighted by atomic mass is 9.91. The molecule has 1 fully saturated rings. The van der Waals surface area contributed by atoms with E-state index in [0.29, 0.717) is 26.4 Å². The number of hydrogen-bond acceptors (Lipinski definition) is 3. The quantitative estimate of drug-likeness (QED) is 0.450. The van der Waals surface area contributed by atoms with Crippen molar-refractivity contribution in [2.45, 2.75) is 18.2 Å². The molecule has 1 aliphatic heterocycles. The van der Waals surface area contributed by atoms with E-state index >= 15 is 0 Å². The Labute approximate surface area is 164 Å². The normalized spacial score (nSPS) is 22.1. The molecule has 0 unspecified atom stereocenters. The van der Waals surface area contributed by atoms with Crippen LogP contribution in [0.25, 0.3) is 0 Å². The molecule has 4 rings (SSSR count). The van der Waals surface area contributed by atoms with E-state index in [1.54, 1.807) is 23.1 Å². The number of nitrogens with one attached hydrogen (secondary N) is 1. The van der Waals surface area contributed by atoms with Crippen molar-refractivity contribution in [2.75, 3.05) is 0 Å². The molecule has 1 aliphatic rings. The van der Waals surface area contributed by atoms with Gasteiger partial charge in [-0.3, -0.25) is 0 Å². The predicted octanol–water partition coefficient (Wildman–Crippen LogP) is 5.57. The van der Waals surface area contributed by atoms with Gasteiger partial charge in [-0.05, 0) is 30.4 Å². The van der Waals surface area contributed by atoms with Crippen LogP contribution in [0.4, 0.5) is 0 Å². The molecule has 0 radical (unpaired) electrons. The number of H-pyrrole nitrogens is 1. The highest BCUT2D eigenvalue weighted by molar-refractivity contribution is 7.71. The maximum atomic E-state index is 6.45. The third-order valence-corrected chi connectivity index (χ3v) is 5.49. The van der Waals surface area contributed by atoms with Gasteiger partial charge in [0, 0.05) is 26.2 Å². The highest BCUT2D eigenvalue weighted by atomic mass is 35.5. The van der Waals surface area contributed by atoms with E-state index in [4.69, 9.17) is 51.8 Å². The molecule has 4 nitrogen and oxygen atoms in total. The molecule has 8 heteroatoms. The van der Waals surface area contributed by atoms with Crippen molar-refractivity contribution in [3.63, 3.8) is 0 Å². The van der Waals surface area contributed by atoms with Crippen molar-refractivity contribution >= 4 is 47.0 Å². The van der Waals surface area contributed by atoms with Crippen LogP contribution in [0.5, 0.6) is 0 Å². The van der Waals surface area contributed by atoms with Gasteiger partial charge in [-0.2, -0.15) is 5.10 Å². The van der Waals surface area contributed by atoms with Crippen LogP contribution in [-0.2, 0) is 16.9 Å². The molecule has 0 spiro atoms. The summed E-state index contributed by atoms with van der Waals surface area (Å²) in [6.07, 6.45) is 1.28. The van der Waals surface area contributed by atoms with Crippen molar-refractivity contribution in [1.82, 2.24) is 14.8 Å². The van der Waals surface area contributed by atoms with E-state index in [2.05, 4.69) is 10.1 Å². The summed E-state index contributed by atoms with van der Waals surface area (Å²) in [6.45, 7) is 0.419. The van der Waals surface area contributed by atoms with E-state index in [0.717, 1.165) is 11.1 Å². The average Bonchev–Trinajstić information content (AvgIpc) is 3.14. The third kappa shape index (κ3) is 3.00. The molecule has 1 aromatic heterocycles. The van der Waals surface area contributed by atoms with Crippen LogP contribution < -0.4 is 0 Å². The van der Waals surface area contributed by atoms with Crippen molar-refractivity contribution in [3.8, 4) is 0 Å². The first-order chi connectivity index (χ1) is 12.0. The number of nitrogens with zero attached hydrogens (tertiary/aromatic N) is 2. The number of benzene rings is 2. The highest BCUT2D eigenvalue weighted by Gasteiger charge is 2.60. The number of ether oxygens (including phenoxy) is 1. The Bertz CT molecular complexity index is 1000. The average molecular weight is 413 g/mol. The second-order valence-corrected chi connectivity index (χ2v) is 7.42. The van der Waals surface area contributed by atoms with Gasteiger partial charge in [-0.15, -0.1) is 0 Å². The Kier molecular flexibility index (Phi) is 4.38. The molecule has 128 valence electrons. The van der Waals surface area contributed by atoms with Crippen molar-refractivity contribution in [2.24, 2.45) is 0 Å². The van der Waals surface area contributed by atoms with E-state index in [1.807, 2.05) is 30.3 Å². The number of epoxide rings is 1. The van der Waals surface area contributed by atoms with Crippen molar-refractivity contribution in [3.05, 3.63) is 79.8 Å². The number of halogens is 3. The number of hydrogen-bond donors (Lipinski definition) is 1. The van der Waals surface area contributed by atoms with Crippen LogP contribution in [0.15, 0.2) is 48.8 Å². The second-order valence-electron chi connectivity index (χ2n) is 5.78. The fourth-order valence-corrected chi connectivity index (χ4v) is 4.00. The molecule has 1 saturated heterocycles. The van der Waals surface area contributed by atoms with Gasteiger partial charge in [-0.25, -0.2) is 4.68 Å². The zero-order valence-electron chi connectivity index (χ0n) is 12.7. The Morgan fingerprint density at radius 3 is 2.64 bits per heavy atom. The van der Waals surface area contributed by atoms with Crippen LogP contribution in [-0.4, -0.2) is 14.8 Å². The molecule has 25 heavy (non-hydrogen) atoms. The van der Waals surface area contributed by atoms with Crippen LogP contribution in [0.3, 0.4) is 0 Å². The van der Waals surface area contributed by atoms with E-state index in [9.17, 15) is 0 Å². The van der Waals surface area contributed by atoms with Gasteiger partial charge in [0.05, 0.1) is 6.54 Å². The molecule has 2 atom stereocenters. The molecular weight excluding hydrogens is 401 g/mol. The van der Waals surface area contributed by atoms with Crippen LogP contribution in [0.1, 0.15) is 17.2 Å². The van der Waals surface area contributed by atoms with Gasteiger partial charge in [-0.1, -0.05) is 59.1 Å². The van der Waals surface area contributed by atoms with Gasteiger partial charge in [0.25, 0.3) is 0 Å². The molecule has 0 saturated carbocycles. The lowest BCUT2D eigenvalue weighted by molar-refractivity contribution is 0.262. The monoisotopic (exact) mass is 411 g/mol. The largest absolute Gasteiger partial charge is 0.354 e. The van der Waals surface area contributed by atoms with Crippen molar-refractivity contribution in [1.29, 1.82) is 0 Å². The van der Waals surface area contributed by atoms with Gasteiger partial charge in [0.1, 0.15) is 18.0 Å². The Balaban J connectivity index is 1.80. The Morgan fingerprint density at radius 2 is 1.96 bits per heavy atom. The molecule has 0 bridgehead atoms. The van der Waals surface area contributed by atoms with Gasteiger partial charge in [0.15, 0.2) is 4.77 Å².